The van der Waals surface area contributed by atoms with Crippen LogP contribution in [0.1, 0.15) is 33.1 Å². The summed E-state index contributed by atoms with van der Waals surface area (Å²) in [6, 6.07) is 0. The zero-order valence-electron chi connectivity index (χ0n) is 7.85. The summed E-state index contributed by atoms with van der Waals surface area (Å²) in [6.45, 7) is 4.26. The van der Waals surface area contributed by atoms with Crippen molar-refractivity contribution >= 4 is 11.6 Å². The number of halogens is 1. The minimum absolute atomic E-state index is 0.327. The van der Waals surface area contributed by atoms with Crippen molar-refractivity contribution in [1.29, 1.82) is 0 Å². The standard InChI is InChI=1S/C10H17ClO/c1-3-9(7-11)6-10-5-4-8(2)12-10/h6,8,10H,3-5,7H2,1-2H3/b9-6-. The Kier molecular flexibility index (Phi) is 4.10. The van der Waals surface area contributed by atoms with E-state index in [0.717, 1.165) is 12.8 Å². The highest BCUT2D eigenvalue weighted by Gasteiger charge is 2.19. The van der Waals surface area contributed by atoms with E-state index in [1.807, 2.05) is 0 Å². The minimum Gasteiger partial charge on any atom is -0.371 e. The molecule has 0 spiro atoms. The second kappa shape index (κ2) is 4.88. The number of alkyl halides is 1. The molecule has 0 amide bonds. The van der Waals surface area contributed by atoms with Crippen LogP contribution in [0.25, 0.3) is 0 Å². The summed E-state index contributed by atoms with van der Waals surface area (Å²) < 4.78 is 5.66. The lowest BCUT2D eigenvalue weighted by molar-refractivity contribution is 0.0828. The van der Waals surface area contributed by atoms with Crippen LogP contribution in [0.4, 0.5) is 0 Å². The van der Waals surface area contributed by atoms with Crippen LogP contribution >= 0.6 is 11.6 Å². The normalized spacial score (nSPS) is 31.1. The maximum absolute atomic E-state index is 5.76. The van der Waals surface area contributed by atoms with Crippen molar-refractivity contribution < 1.29 is 4.74 Å². The van der Waals surface area contributed by atoms with Crippen molar-refractivity contribution in [1.82, 2.24) is 0 Å². The molecule has 1 saturated heterocycles. The molecule has 0 aromatic rings. The monoisotopic (exact) mass is 188 g/mol. The van der Waals surface area contributed by atoms with E-state index in [0.29, 0.717) is 18.1 Å². The van der Waals surface area contributed by atoms with E-state index in [9.17, 15) is 0 Å². The first kappa shape index (κ1) is 10.1. The first-order valence-corrected chi connectivity index (χ1v) is 5.20. The van der Waals surface area contributed by atoms with Crippen LogP contribution in [-0.4, -0.2) is 18.1 Å². The van der Waals surface area contributed by atoms with E-state index in [4.69, 9.17) is 16.3 Å². The molecule has 2 atom stereocenters. The van der Waals surface area contributed by atoms with Gasteiger partial charge in [0.25, 0.3) is 0 Å². The van der Waals surface area contributed by atoms with Gasteiger partial charge in [0.05, 0.1) is 12.2 Å². The topological polar surface area (TPSA) is 9.23 Å². The van der Waals surface area contributed by atoms with Gasteiger partial charge in [0.2, 0.25) is 0 Å². The SMILES string of the molecule is CC/C(=C/C1CCC(C)O1)CCl. The molecule has 70 valence electrons. The summed E-state index contributed by atoms with van der Waals surface area (Å²) in [5.74, 6) is 0.644. The molecular weight excluding hydrogens is 172 g/mol. The molecule has 2 unspecified atom stereocenters. The Hall–Kier alpha value is -0.0100. The van der Waals surface area contributed by atoms with Crippen molar-refractivity contribution in [2.24, 2.45) is 0 Å². The van der Waals surface area contributed by atoms with E-state index in [1.165, 1.54) is 12.0 Å². The van der Waals surface area contributed by atoms with Crippen molar-refractivity contribution in [3.8, 4) is 0 Å². The van der Waals surface area contributed by atoms with Crippen LogP contribution in [0.2, 0.25) is 0 Å². The van der Waals surface area contributed by atoms with Gasteiger partial charge in [0.15, 0.2) is 0 Å². The Labute approximate surface area is 79.7 Å². The molecule has 0 radical (unpaired) electrons. The molecule has 12 heavy (non-hydrogen) atoms. The lowest BCUT2D eigenvalue weighted by atomic mass is 10.1. The minimum atomic E-state index is 0.327. The van der Waals surface area contributed by atoms with Crippen LogP contribution in [0.3, 0.4) is 0 Å². The predicted octanol–water partition coefficient (Wildman–Crippen LogP) is 3.13. The van der Waals surface area contributed by atoms with Crippen molar-refractivity contribution in [3.63, 3.8) is 0 Å². The summed E-state index contributed by atoms with van der Waals surface area (Å²) in [5, 5.41) is 0. The fourth-order valence-electron chi connectivity index (χ4n) is 1.48. The zero-order chi connectivity index (χ0) is 8.97. The first-order chi connectivity index (χ1) is 5.76. The summed E-state index contributed by atoms with van der Waals surface area (Å²) in [7, 11) is 0. The molecule has 0 aromatic carbocycles. The number of hydrogen-bond acceptors (Lipinski definition) is 1. The van der Waals surface area contributed by atoms with Gasteiger partial charge in [-0.05, 0) is 26.2 Å². The van der Waals surface area contributed by atoms with Gasteiger partial charge in [-0.2, -0.15) is 0 Å². The molecule has 1 nitrogen and oxygen atoms in total. The molecule has 0 aromatic heterocycles. The Balaban J connectivity index is 2.43. The highest BCUT2D eigenvalue weighted by molar-refractivity contribution is 6.19. The third-order valence-electron chi connectivity index (χ3n) is 2.31. The highest BCUT2D eigenvalue weighted by Crippen LogP contribution is 2.21. The first-order valence-electron chi connectivity index (χ1n) is 4.67. The summed E-state index contributed by atoms with van der Waals surface area (Å²) in [6.07, 6.45) is 6.32. The largest absolute Gasteiger partial charge is 0.371 e. The predicted molar refractivity (Wildman–Crippen MR) is 52.7 cm³/mol. The molecule has 0 saturated carbocycles. The molecule has 2 heteroatoms. The third kappa shape index (κ3) is 2.80. The van der Waals surface area contributed by atoms with Crippen molar-refractivity contribution in [2.45, 2.75) is 45.3 Å². The van der Waals surface area contributed by atoms with Gasteiger partial charge in [-0.1, -0.05) is 18.6 Å². The van der Waals surface area contributed by atoms with E-state index < -0.39 is 0 Å². The number of hydrogen-bond donors (Lipinski definition) is 0. The van der Waals surface area contributed by atoms with Crippen molar-refractivity contribution in [2.75, 3.05) is 5.88 Å². The van der Waals surface area contributed by atoms with Crippen LogP contribution in [0.5, 0.6) is 0 Å². The van der Waals surface area contributed by atoms with Crippen molar-refractivity contribution in [3.05, 3.63) is 11.6 Å². The molecule has 0 aliphatic carbocycles. The van der Waals surface area contributed by atoms with Gasteiger partial charge in [0, 0.05) is 5.88 Å². The Morgan fingerprint density at radius 1 is 1.58 bits per heavy atom. The Morgan fingerprint density at radius 3 is 2.75 bits per heavy atom. The van der Waals surface area contributed by atoms with E-state index in [1.54, 1.807) is 0 Å². The van der Waals surface area contributed by atoms with E-state index in [2.05, 4.69) is 19.9 Å². The molecule has 1 fully saturated rings. The van der Waals surface area contributed by atoms with Gasteiger partial charge in [-0.3, -0.25) is 0 Å². The summed E-state index contributed by atoms with van der Waals surface area (Å²) >= 11 is 5.76. The molecule has 1 aliphatic heterocycles. The quantitative estimate of drug-likeness (QED) is 0.489. The maximum Gasteiger partial charge on any atom is 0.0763 e. The number of ether oxygens (including phenoxy) is 1. The fourth-order valence-corrected chi connectivity index (χ4v) is 1.75. The van der Waals surface area contributed by atoms with E-state index in [-0.39, 0.29) is 0 Å². The van der Waals surface area contributed by atoms with Gasteiger partial charge < -0.3 is 4.74 Å². The Morgan fingerprint density at radius 2 is 2.33 bits per heavy atom. The van der Waals surface area contributed by atoms with Crippen LogP contribution in [0.15, 0.2) is 11.6 Å². The third-order valence-corrected chi connectivity index (χ3v) is 2.66. The lowest BCUT2D eigenvalue weighted by Crippen LogP contribution is -2.05. The number of allylic oxidation sites excluding steroid dienone is 1. The average molecular weight is 189 g/mol. The zero-order valence-corrected chi connectivity index (χ0v) is 8.60. The van der Waals surface area contributed by atoms with Crippen LogP contribution in [0, 0.1) is 0 Å². The molecule has 1 rings (SSSR count). The molecule has 0 bridgehead atoms. The maximum atomic E-state index is 5.76. The highest BCUT2D eigenvalue weighted by atomic mass is 35.5. The second-order valence-electron chi connectivity index (χ2n) is 3.37. The molecular formula is C10H17ClO. The summed E-state index contributed by atoms with van der Waals surface area (Å²) in [5.41, 5.74) is 1.30. The van der Waals surface area contributed by atoms with Gasteiger partial charge >= 0.3 is 0 Å². The van der Waals surface area contributed by atoms with Crippen LogP contribution in [-0.2, 0) is 4.74 Å². The molecule has 1 heterocycles. The second-order valence-corrected chi connectivity index (χ2v) is 3.64. The number of rotatable bonds is 3. The average Bonchev–Trinajstić information content (AvgIpc) is 2.47. The van der Waals surface area contributed by atoms with Gasteiger partial charge in [-0.15, -0.1) is 11.6 Å². The Bertz CT molecular complexity index is 159. The summed E-state index contributed by atoms with van der Waals surface area (Å²) in [4.78, 5) is 0. The molecule has 0 N–H and O–H groups in total. The fraction of sp³-hybridized carbons (Fsp3) is 0.800. The van der Waals surface area contributed by atoms with Gasteiger partial charge in [0.1, 0.15) is 0 Å². The van der Waals surface area contributed by atoms with Crippen LogP contribution < -0.4 is 0 Å². The molecule has 1 aliphatic rings. The smallest absolute Gasteiger partial charge is 0.0763 e. The van der Waals surface area contributed by atoms with Gasteiger partial charge in [-0.25, -0.2) is 0 Å². The van der Waals surface area contributed by atoms with E-state index >= 15 is 0 Å². The lowest BCUT2D eigenvalue weighted by Gasteiger charge is -2.07.